The van der Waals surface area contributed by atoms with Gasteiger partial charge in [-0.05, 0) is 44.2 Å². The number of amides is 1. The highest BCUT2D eigenvalue weighted by atomic mass is 16.2. The Hall–Kier alpha value is -1.58. The monoisotopic (exact) mass is 275 g/mol. The third-order valence-electron chi connectivity index (χ3n) is 3.93. The number of hydrogen-bond acceptors (Lipinski definition) is 3. The molecule has 0 spiro atoms. The van der Waals surface area contributed by atoms with Crippen molar-refractivity contribution in [1.29, 1.82) is 0 Å². The number of carbonyl (C=O) groups excluding carboxylic acids is 1. The summed E-state index contributed by atoms with van der Waals surface area (Å²) in [5, 5.41) is 3.22. The highest BCUT2D eigenvalue weighted by Gasteiger charge is 2.26. The Balaban J connectivity index is 2.04. The Labute approximate surface area is 121 Å². The first-order valence-electron chi connectivity index (χ1n) is 7.77. The molecule has 1 aromatic heterocycles. The lowest BCUT2D eigenvalue weighted by Gasteiger charge is -2.35. The Bertz CT molecular complexity index is 430. The van der Waals surface area contributed by atoms with Gasteiger partial charge in [-0.25, -0.2) is 4.98 Å². The van der Waals surface area contributed by atoms with Crippen molar-refractivity contribution in [2.45, 2.75) is 52.0 Å². The van der Waals surface area contributed by atoms with E-state index in [2.05, 4.69) is 24.1 Å². The molecule has 2 rings (SSSR count). The summed E-state index contributed by atoms with van der Waals surface area (Å²) in [6.07, 6.45) is 7.28. The Morgan fingerprint density at radius 2 is 2.25 bits per heavy atom. The fraction of sp³-hybridized carbons (Fsp3) is 0.625. The quantitative estimate of drug-likeness (QED) is 0.896. The second-order valence-electron chi connectivity index (χ2n) is 5.42. The second kappa shape index (κ2) is 7.27. The van der Waals surface area contributed by atoms with Crippen LogP contribution >= 0.6 is 0 Å². The number of nitrogens with zero attached hydrogens (tertiary/aromatic N) is 2. The van der Waals surface area contributed by atoms with Crippen LogP contribution in [0.5, 0.6) is 0 Å². The van der Waals surface area contributed by atoms with E-state index < -0.39 is 0 Å². The standard InChI is InChI=1S/C16H25N3O/c1-3-10-17-15-9-8-13(12-18-15)16(20)19-11-6-5-7-14(19)4-2/h8-9,12,14H,3-7,10-11H2,1-2H3,(H,17,18). The fourth-order valence-corrected chi connectivity index (χ4v) is 2.74. The summed E-state index contributed by atoms with van der Waals surface area (Å²) in [4.78, 5) is 18.9. The van der Waals surface area contributed by atoms with Crippen molar-refractivity contribution in [1.82, 2.24) is 9.88 Å². The molecule has 2 heterocycles. The van der Waals surface area contributed by atoms with E-state index in [4.69, 9.17) is 0 Å². The van der Waals surface area contributed by atoms with Crippen LogP contribution in [-0.2, 0) is 0 Å². The summed E-state index contributed by atoms with van der Waals surface area (Å²) in [6, 6.07) is 4.18. The zero-order chi connectivity index (χ0) is 14.4. The van der Waals surface area contributed by atoms with Crippen molar-refractivity contribution in [3.8, 4) is 0 Å². The van der Waals surface area contributed by atoms with Gasteiger partial charge in [-0.3, -0.25) is 4.79 Å². The van der Waals surface area contributed by atoms with E-state index in [0.29, 0.717) is 11.6 Å². The molecule has 1 saturated heterocycles. The Morgan fingerprint density at radius 3 is 2.90 bits per heavy atom. The van der Waals surface area contributed by atoms with Crippen LogP contribution in [0.1, 0.15) is 56.3 Å². The maximum Gasteiger partial charge on any atom is 0.255 e. The first kappa shape index (κ1) is 14.8. The molecule has 0 aromatic carbocycles. The zero-order valence-corrected chi connectivity index (χ0v) is 12.6. The van der Waals surface area contributed by atoms with Crippen molar-refractivity contribution < 1.29 is 4.79 Å². The van der Waals surface area contributed by atoms with Gasteiger partial charge >= 0.3 is 0 Å². The third kappa shape index (κ3) is 3.50. The molecular formula is C16H25N3O. The van der Waals surface area contributed by atoms with Gasteiger partial charge in [-0.15, -0.1) is 0 Å². The minimum Gasteiger partial charge on any atom is -0.370 e. The lowest BCUT2D eigenvalue weighted by Crippen LogP contribution is -2.43. The summed E-state index contributed by atoms with van der Waals surface area (Å²) < 4.78 is 0. The molecule has 0 saturated carbocycles. The van der Waals surface area contributed by atoms with Gasteiger partial charge in [0.1, 0.15) is 5.82 Å². The number of carbonyl (C=O) groups is 1. The molecule has 1 aliphatic heterocycles. The molecule has 20 heavy (non-hydrogen) atoms. The number of likely N-dealkylation sites (tertiary alicyclic amines) is 1. The maximum absolute atomic E-state index is 12.6. The van der Waals surface area contributed by atoms with Crippen LogP contribution in [0.2, 0.25) is 0 Å². The smallest absolute Gasteiger partial charge is 0.255 e. The molecule has 110 valence electrons. The summed E-state index contributed by atoms with van der Waals surface area (Å²) in [5.74, 6) is 0.972. The number of pyridine rings is 1. The second-order valence-corrected chi connectivity index (χ2v) is 5.42. The van der Waals surface area contributed by atoms with Crippen LogP contribution in [-0.4, -0.2) is 34.9 Å². The average Bonchev–Trinajstić information content (AvgIpc) is 2.52. The van der Waals surface area contributed by atoms with E-state index in [0.717, 1.165) is 44.6 Å². The molecule has 1 amide bonds. The number of aromatic nitrogens is 1. The minimum absolute atomic E-state index is 0.131. The molecule has 4 heteroatoms. The van der Waals surface area contributed by atoms with Crippen LogP contribution in [0.25, 0.3) is 0 Å². The summed E-state index contributed by atoms with van der Waals surface area (Å²) in [5.41, 5.74) is 0.701. The summed E-state index contributed by atoms with van der Waals surface area (Å²) in [7, 11) is 0. The molecule has 1 unspecified atom stereocenters. The van der Waals surface area contributed by atoms with E-state index in [-0.39, 0.29) is 5.91 Å². The van der Waals surface area contributed by atoms with Gasteiger partial charge in [-0.2, -0.15) is 0 Å². The molecule has 0 aliphatic carbocycles. The van der Waals surface area contributed by atoms with Crippen LogP contribution in [0.3, 0.4) is 0 Å². The fourth-order valence-electron chi connectivity index (χ4n) is 2.74. The zero-order valence-electron chi connectivity index (χ0n) is 12.6. The molecule has 1 N–H and O–H groups in total. The molecule has 1 aliphatic rings. The number of hydrogen-bond donors (Lipinski definition) is 1. The van der Waals surface area contributed by atoms with Gasteiger partial charge in [0.2, 0.25) is 0 Å². The van der Waals surface area contributed by atoms with Crippen LogP contribution in [0.4, 0.5) is 5.82 Å². The van der Waals surface area contributed by atoms with Gasteiger partial charge in [0, 0.05) is 25.3 Å². The largest absolute Gasteiger partial charge is 0.370 e. The van der Waals surface area contributed by atoms with Crippen LogP contribution in [0.15, 0.2) is 18.3 Å². The average molecular weight is 275 g/mol. The van der Waals surface area contributed by atoms with E-state index in [1.54, 1.807) is 6.20 Å². The normalized spacial score (nSPS) is 18.9. The lowest BCUT2D eigenvalue weighted by molar-refractivity contribution is 0.0607. The predicted octanol–water partition coefficient (Wildman–Crippen LogP) is 3.31. The van der Waals surface area contributed by atoms with Gasteiger partial charge in [-0.1, -0.05) is 13.8 Å². The molecule has 0 bridgehead atoms. The molecule has 1 aromatic rings. The van der Waals surface area contributed by atoms with Crippen LogP contribution < -0.4 is 5.32 Å². The van der Waals surface area contributed by atoms with E-state index in [1.807, 2.05) is 17.0 Å². The Kier molecular flexibility index (Phi) is 5.39. The molecule has 1 atom stereocenters. The van der Waals surface area contributed by atoms with E-state index in [9.17, 15) is 4.79 Å². The van der Waals surface area contributed by atoms with Gasteiger partial charge < -0.3 is 10.2 Å². The van der Waals surface area contributed by atoms with Crippen molar-refractivity contribution >= 4 is 11.7 Å². The van der Waals surface area contributed by atoms with E-state index >= 15 is 0 Å². The maximum atomic E-state index is 12.6. The number of anilines is 1. The SMILES string of the molecule is CCCNc1ccc(C(=O)N2CCCCC2CC)cn1. The molecule has 4 nitrogen and oxygen atoms in total. The first-order valence-corrected chi connectivity index (χ1v) is 7.77. The van der Waals surface area contributed by atoms with Crippen LogP contribution in [0, 0.1) is 0 Å². The van der Waals surface area contributed by atoms with Gasteiger partial charge in [0.25, 0.3) is 5.91 Å². The summed E-state index contributed by atoms with van der Waals surface area (Å²) >= 11 is 0. The molecule has 0 radical (unpaired) electrons. The molecular weight excluding hydrogens is 250 g/mol. The van der Waals surface area contributed by atoms with Crippen molar-refractivity contribution in [2.75, 3.05) is 18.4 Å². The lowest BCUT2D eigenvalue weighted by atomic mass is 9.99. The van der Waals surface area contributed by atoms with Gasteiger partial charge in [0.05, 0.1) is 5.56 Å². The molecule has 1 fully saturated rings. The summed E-state index contributed by atoms with van der Waals surface area (Å²) in [6.45, 7) is 6.07. The predicted molar refractivity (Wildman–Crippen MR) is 82.0 cm³/mol. The number of nitrogens with one attached hydrogen (secondary N) is 1. The van der Waals surface area contributed by atoms with Crippen molar-refractivity contribution in [2.24, 2.45) is 0 Å². The third-order valence-corrected chi connectivity index (χ3v) is 3.93. The van der Waals surface area contributed by atoms with Crippen molar-refractivity contribution in [3.63, 3.8) is 0 Å². The first-order chi connectivity index (χ1) is 9.76. The van der Waals surface area contributed by atoms with Gasteiger partial charge in [0.15, 0.2) is 0 Å². The highest BCUT2D eigenvalue weighted by Crippen LogP contribution is 2.21. The highest BCUT2D eigenvalue weighted by molar-refractivity contribution is 5.94. The van der Waals surface area contributed by atoms with Crippen molar-refractivity contribution in [3.05, 3.63) is 23.9 Å². The topological polar surface area (TPSA) is 45.2 Å². The minimum atomic E-state index is 0.131. The Morgan fingerprint density at radius 1 is 1.40 bits per heavy atom. The number of piperidine rings is 1. The van der Waals surface area contributed by atoms with E-state index in [1.165, 1.54) is 6.42 Å². The number of rotatable bonds is 5.